The first-order valence-electron chi connectivity index (χ1n) is 12.0. The van der Waals surface area contributed by atoms with Crippen LogP contribution >= 0.6 is 11.8 Å². The molecular formula is C29H29N5OS. The monoisotopic (exact) mass is 495 g/mol. The summed E-state index contributed by atoms with van der Waals surface area (Å²) in [6, 6.07) is 23.8. The molecule has 1 unspecified atom stereocenters. The second-order valence-corrected chi connectivity index (χ2v) is 10.1. The van der Waals surface area contributed by atoms with E-state index in [0.29, 0.717) is 16.7 Å². The second-order valence-electron chi connectivity index (χ2n) is 9.18. The molecule has 0 radical (unpaired) electrons. The molecule has 7 heteroatoms. The van der Waals surface area contributed by atoms with Gasteiger partial charge in [0.2, 0.25) is 11.1 Å². The highest BCUT2D eigenvalue weighted by Gasteiger charge is 2.34. The third-order valence-corrected chi connectivity index (χ3v) is 7.25. The number of nitrogens with one attached hydrogen (secondary N) is 2. The molecular weight excluding hydrogens is 466 g/mol. The molecule has 36 heavy (non-hydrogen) atoms. The van der Waals surface area contributed by atoms with Crippen LogP contribution in [0.2, 0.25) is 0 Å². The number of hydrogen-bond donors (Lipinski definition) is 2. The van der Waals surface area contributed by atoms with Crippen molar-refractivity contribution in [1.82, 2.24) is 14.8 Å². The smallest absolute Gasteiger partial charge is 0.255 e. The van der Waals surface area contributed by atoms with Crippen molar-refractivity contribution in [3.63, 3.8) is 0 Å². The van der Waals surface area contributed by atoms with E-state index in [2.05, 4.69) is 73.9 Å². The Hall–Kier alpha value is -3.84. The normalized spacial score (nSPS) is 14.8. The van der Waals surface area contributed by atoms with Crippen molar-refractivity contribution in [1.29, 1.82) is 0 Å². The zero-order chi connectivity index (χ0) is 25.2. The zero-order valence-corrected chi connectivity index (χ0v) is 21.7. The van der Waals surface area contributed by atoms with E-state index in [1.54, 1.807) is 11.8 Å². The number of carbonyl (C=O) groups is 1. The molecule has 2 heterocycles. The average Bonchev–Trinajstić information content (AvgIpc) is 3.27. The fourth-order valence-corrected chi connectivity index (χ4v) is 5.25. The first kappa shape index (κ1) is 23.9. The van der Waals surface area contributed by atoms with Crippen LogP contribution in [0.4, 0.5) is 11.6 Å². The quantitative estimate of drug-likeness (QED) is 0.302. The molecule has 1 aliphatic heterocycles. The van der Waals surface area contributed by atoms with Gasteiger partial charge >= 0.3 is 0 Å². The van der Waals surface area contributed by atoms with Gasteiger partial charge in [0.25, 0.3) is 5.91 Å². The van der Waals surface area contributed by atoms with E-state index < -0.39 is 6.04 Å². The van der Waals surface area contributed by atoms with Crippen molar-refractivity contribution in [2.45, 2.75) is 44.6 Å². The van der Waals surface area contributed by atoms with Gasteiger partial charge in [-0.1, -0.05) is 83.6 Å². The van der Waals surface area contributed by atoms with Crippen molar-refractivity contribution in [3.05, 3.63) is 112 Å². The number of nitrogens with zero attached hydrogens (tertiary/aromatic N) is 3. The molecule has 0 aliphatic carbocycles. The van der Waals surface area contributed by atoms with Crippen LogP contribution in [0.5, 0.6) is 0 Å². The summed E-state index contributed by atoms with van der Waals surface area (Å²) in [5.74, 6) is 1.25. The number of anilines is 2. The molecule has 0 saturated heterocycles. The summed E-state index contributed by atoms with van der Waals surface area (Å²) < 4.78 is 1.84. The molecule has 1 aromatic heterocycles. The lowest BCUT2D eigenvalue weighted by Gasteiger charge is -2.28. The molecule has 4 aromatic rings. The third-order valence-electron chi connectivity index (χ3n) is 6.36. The van der Waals surface area contributed by atoms with Gasteiger partial charge in [0, 0.05) is 17.1 Å². The van der Waals surface area contributed by atoms with Crippen LogP contribution in [0, 0.1) is 20.8 Å². The first-order valence-corrected chi connectivity index (χ1v) is 12.9. The van der Waals surface area contributed by atoms with Crippen LogP contribution in [0.3, 0.4) is 0 Å². The number of aryl methyl sites for hydroxylation is 3. The lowest BCUT2D eigenvalue weighted by molar-refractivity contribution is -0.113. The van der Waals surface area contributed by atoms with Crippen LogP contribution in [-0.2, 0) is 10.5 Å². The molecule has 5 rings (SSSR count). The largest absolute Gasteiger partial charge is 0.328 e. The van der Waals surface area contributed by atoms with Gasteiger partial charge in [-0.15, -0.1) is 5.10 Å². The van der Waals surface area contributed by atoms with E-state index in [4.69, 9.17) is 10.1 Å². The van der Waals surface area contributed by atoms with Crippen LogP contribution in [0.1, 0.15) is 40.8 Å². The van der Waals surface area contributed by atoms with Gasteiger partial charge in [0.1, 0.15) is 6.04 Å². The molecule has 0 fully saturated rings. The maximum atomic E-state index is 13.5. The maximum Gasteiger partial charge on any atom is 0.255 e. The molecule has 1 amide bonds. The Kier molecular flexibility index (Phi) is 6.65. The number of hydrogen-bond acceptors (Lipinski definition) is 5. The van der Waals surface area contributed by atoms with E-state index in [-0.39, 0.29) is 5.91 Å². The van der Waals surface area contributed by atoms with Crippen LogP contribution in [-0.4, -0.2) is 20.7 Å². The Morgan fingerprint density at radius 3 is 2.44 bits per heavy atom. The van der Waals surface area contributed by atoms with Gasteiger partial charge in [-0.25, -0.2) is 4.68 Å². The van der Waals surface area contributed by atoms with Crippen molar-refractivity contribution in [3.8, 4) is 0 Å². The molecule has 1 aliphatic rings. The molecule has 0 spiro atoms. The summed E-state index contributed by atoms with van der Waals surface area (Å²) in [5, 5.41) is 11.9. The Morgan fingerprint density at radius 1 is 0.972 bits per heavy atom. The van der Waals surface area contributed by atoms with Crippen LogP contribution in [0.25, 0.3) is 0 Å². The third kappa shape index (κ3) is 4.93. The van der Waals surface area contributed by atoms with Gasteiger partial charge < -0.3 is 10.6 Å². The minimum absolute atomic E-state index is 0.164. The molecule has 6 nitrogen and oxygen atoms in total. The lowest BCUT2D eigenvalue weighted by atomic mass is 9.94. The van der Waals surface area contributed by atoms with E-state index in [1.807, 2.05) is 41.9 Å². The van der Waals surface area contributed by atoms with Crippen LogP contribution in [0.15, 0.2) is 89.2 Å². The van der Waals surface area contributed by atoms with Gasteiger partial charge in [-0.2, -0.15) is 4.98 Å². The Balaban J connectivity index is 1.49. The number of carbonyl (C=O) groups excluding carboxylic acids is 1. The predicted molar refractivity (Wildman–Crippen MR) is 146 cm³/mol. The van der Waals surface area contributed by atoms with Crippen LogP contribution < -0.4 is 10.6 Å². The van der Waals surface area contributed by atoms with Crippen molar-refractivity contribution in [2.75, 3.05) is 10.6 Å². The SMILES string of the molecule is CC1=C(C(=O)Nc2ccccc2)C(c2ccc(C)cc2)n2nc(SCc3cc(C)ccc3C)nc2N1. The molecule has 182 valence electrons. The number of amides is 1. The van der Waals surface area contributed by atoms with Gasteiger partial charge in [0.15, 0.2) is 0 Å². The zero-order valence-electron chi connectivity index (χ0n) is 20.9. The minimum atomic E-state index is -0.395. The minimum Gasteiger partial charge on any atom is -0.328 e. The molecule has 3 aromatic carbocycles. The van der Waals surface area contributed by atoms with E-state index in [0.717, 1.165) is 28.3 Å². The lowest BCUT2D eigenvalue weighted by Crippen LogP contribution is -2.31. The van der Waals surface area contributed by atoms with E-state index in [1.165, 1.54) is 16.7 Å². The van der Waals surface area contributed by atoms with Crippen molar-refractivity contribution >= 4 is 29.3 Å². The van der Waals surface area contributed by atoms with Gasteiger partial charge in [0.05, 0.1) is 5.57 Å². The maximum absolute atomic E-state index is 13.5. The summed E-state index contributed by atoms with van der Waals surface area (Å²) in [5.41, 5.74) is 8.04. The highest BCUT2D eigenvalue weighted by atomic mass is 32.2. The second kappa shape index (κ2) is 10.0. The van der Waals surface area contributed by atoms with E-state index >= 15 is 0 Å². The number of benzene rings is 3. The standard InChI is InChI=1S/C29H29N5OS/c1-18-11-14-22(15-12-18)26-25(27(35)31-24-8-6-5-7-9-24)21(4)30-28-32-29(33-34(26)28)36-17-23-16-19(2)10-13-20(23)3/h5-16,26H,17H2,1-4H3,(H,31,35)(H,30,32,33). The highest BCUT2D eigenvalue weighted by Crippen LogP contribution is 2.37. The van der Waals surface area contributed by atoms with E-state index in [9.17, 15) is 4.79 Å². The fourth-order valence-electron chi connectivity index (χ4n) is 4.36. The Bertz CT molecular complexity index is 1440. The van der Waals surface area contributed by atoms with Crippen molar-refractivity contribution < 1.29 is 4.79 Å². The summed E-state index contributed by atoms with van der Waals surface area (Å²) in [7, 11) is 0. The Labute approximate surface area is 215 Å². The number of para-hydroxylation sites is 1. The average molecular weight is 496 g/mol. The predicted octanol–water partition coefficient (Wildman–Crippen LogP) is 6.42. The first-order chi connectivity index (χ1) is 17.4. The topological polar surface area (TPSA) is 71.8 Å². The molecule has 1 atom stereocenters. The molecule has 0 saturated carbocycles. The van der Waals surface area contributed by atoms with Gasteiger partial charge in [-0.05, 0) is 56.5 Å². The molecule has 2 N–H and O–H groups in total. The highest BCUT2D eigenvalue weighted by molar-refractivity contribution is 7.98. The van der Waals surface area contributed by atoms with Crippen molar-refractivity contribution in [2.24, 2.45) is 0 Å². The number of allylic oxidation sites excluding steroid dienone is 1. The number of thioether (sulfide) groups is 1. The number of rotatable bonds is 6. The number of fused-ring (bicyclic) bond motifs is 1. The summed E-state index contributed by atoms with van der Waals surface area (Å²) in [4.78, 5) is 18.3. The Morgan fingerprint density at radius 2 is 1.69 bits per heavy atom. The summed E-state index contributed by atoms with van der Waals surface area (Å²) in [6.45, 7) is 8.20. The van der Waals surface area contributed by atoms with Gasteiger partial charge in [-0.3, -0.25) is 4.79 Å². The number of aromatic nitrogens is 3. The fraction of sp³-hybridized carbons (Fsp3) is 0.207. The molecule has 0 bridgehead atoms. The summed E-state index contributed by atoms with van der Waals surface area (Å²) >= 11 is 1.60. The summed E-state index contributed by atoms with van der Waals surface area (Å²) in [6.07, 6.45) is 0.